The molecule has 1 atom stereocenters. The Hall–Kier alpha value is -2.18. The fraction of sp³-hybridized carbons (Fsp3) is 0.647. The van der Waals surface area contributed by atoms with E-state index in [-0.39, 0.29) is 24.4 Å². The number of anilines is 1. The molecule has 7 nitrogen and oxygen atoms in total. The van der Waals surface area contributed by atoms with E-state index in [9.17, 15) is 9.59 Å². The van der Waals surface area contributed by atoms with Gasteiger partial charge in [0.15, 0.2) is 0 Å². The van der Waals surface area contributed by atoms with Crippen LogP contribution >= 0.6 is 0 Å². The minimum Gasteiger partial charge on any atom is -0.368 e. The van der Waals surface area contributed by atoms with Gasteiger partial charge < -0.3 is 15.5 Å². The molecule has 0 aromatic carbocycles. The third kappa shape index (κ3) is 3.83. The lowest BCUT2D eigenvalue weighted by Gasteiger charge is -2.36. The van der Waals surface area contributed by atoms with Crippen molar-refractivity contribution in [1.29, 1.82) is 0 Å². The van der Waals surface area contributed by atoms with Crippen LogP contribution in [-0.4, -0.2) is 52.4 Å². The number of amides is 2. The molecule has 24 heavy (non-hydrogen) atoms. The average Bonchev–Trinajstić information content (AvgIpc) is 3.14. The summed E-state index contributed by atoms with van der Waals surface area (Å²) in [5, 5.41) is 0. The minimum atomic E-state index is -0.436. The number of rotatable bonds is 5. The molecule has 3 rings (SSSR count). The maximum atomic E-state index is 13.0. The molecule has 2 heterocycles. The second-order valence-electron chi connectivity index (χ2n) is 6.70. The molecule has 0 unspecified atom stereocenters. The Morgan fingerprint density at radius 1 is 1.17 bits per heavy atom. The molecule has 130 valence electrons. The molecular formula is C17H25N5O2. The molecule has 1 saturated heterocycles. The SMILES string of the molecule is NC(=O)CN(C(=O)[C@@H]1CCCN(c2ncccn2)C1)C1CCCC1. The van der Waals surface area contributed by atoms with Crippen molar-refractivity contribution >= 4 is 17.8 Å². The van der Waals surface area contributed by atoms with Gasteiger partial charge in [-0.05, 0) is 31.7 Å². The van der Waals surface area contributed by atoms with E-state index in [1.54, 1.807) is 23.4 Å². The van der Waals surface area contributed by atoms with Gasteiger partial charge in [0.25, 0.3) is 0 Å². The van der Waals surface area contributed by atoms with Crippen LogP contribution < -0.4 is 10.6 Å². The van der Waals surface area contributed by atoms with Gasteiger partial charge in [-0.3, -0.25) is 9.59 Å². The second-order valence-corrected chi connectivity index (χ2v) is 6.70. The molecule has 2 aliphatic rings. The summed E-state index contributed by atoms with van der Waals surface area (Å²) in [6, 6.07) is 1.94. The van der Waals surface area contributed by atoms with E-state index in [4.69, 9.17) is 5.73 Å². The van der Waals surface area contributed by atoms with E-state index in [0.717, 1.165) is 45.1 Å². The fourth-order valence-electron chi connectivity index (χ4n) is 3.82. The molecule has 1 aromatic rings. The van der Waals surface area contributed by atoms with Crippen LogP contribution in [0.2, 0.25) is 0 Å². The Balaban J connectivity index is 1.70. The van der Waals surface area contributed by atoms with E-state index in [0.29, 0.717) is 12.5 Å². The van der Waals surface area contributed by atoms with Gasteiger partial charge >= 0.3 is 0 Å². The molecule has 7 heteroatoms. The van der Waals surface area contributed by atoms with Crippen LogP contribution in [0.3, 0.4) is 0 Å². The number of carbonyl (C=O) groups excluding carboxylic acids is 2. The number of nitrogens with zero attached hydrogens (tertiary/aromatic N) is 4. The molecule has 1 aliphatic heterocycles. The Bertz CT molecular complexity index is 574. The van der Waals surface area contributed by atoms with Gasteiger partial charge in [-0.15, -0.1) is 0 Å². The van der Waals surface area contributed by atoms with Crippen molar-refractivity contribution in [2.24, 2.45) is 11.7 Å². The summed E-state index contributed by atoms with van der Waals surface area (Å²) in [5.41, 5.74) is 5.38. The summed E-state index contributed by atoms with van der Waals surface area (Å²) < 4.78 is 0. The first kappa shape index (κ1) is 16.7. The summed E-state index contributed by atoms with van der Waals surface area (Å²) in [4.78, 5) is 36.8. The van der Waals surface area contributed by atoms with E-state index in [1.165, 1.54) is 0 Å². The predicted molar refractivity (Wildman–Crippen MR) is 90.1 cm³/mol. The van der Waals surface area contributed by atoms with Gasteiger partial charge in [-0.2, -0.15) is 0 Å². The highest BCUT2D eigenvalue weighted by Gasteiger charge is 2.34. The number of hydrogen-bond acceptors (Lipinski definition) is 5. The smallest absolute Gasteiger partial charge is 0.237 e. The lowest BCUT2D eigenvalue weighted by Crippen LogP contribution is -2.50. The molecule has 2 N–H and O–H groups in total. The van der Waals surface area contributed by atoms with Crippen molar-refractivity contribution < 1.29 is 9.59 Å². The second kappa shape index (κ2) is 7.59. The van der Waals surface area contributed by atoms with Crippen LogP contribution in [0.4, 0.5) is 5.95 Å². The van der Waals surface area contributed by atoms with Gasteiger partial charge in [0.05, 0.1) is 12.5 Å². The third-order valence-corrected chi connectivity index (χ3v) is 4.98. The maximum absolute atomic E-state index is 13.0. The first-order valence-electron chi connectivity index (χ1n) is 8.76. The van der Waals surface area contributed by atoms with Crippen molar-refractivity contribution in [2.45, 2.75) is 44.6 Å². The van der Waals surface area contributed by atoms with Gasteiger partial charge in [0.1, 0.15) is 0 Å². The zero-order valence-corrected chi connectivity index (χ0v) is 13.9. The van der Waals surface area contributed by atoms with Crippen molar-refractivity contribution in [3.05, 3.63) is 18.5 Å². The molecule has 0 bridgehead atoms. The summed E-state index contributed by atoms with van der Waals surface area (Å²) in [5.74, 6) is 0.162. The predicted octanol–water partition coefficient (Wildman–Crippen LogP) is 0.949. The fourth-order valence-corrected chi connectivity index (χ4v) is 3.82. The summed E-state index contributed by atoms with van der Waals surface area (Å²) >= 11 is 0. The van der Waals surface area contributed by atoms with E-state index in [2.05, 4.69) is 14.9 Å². The Labute approximate surface area is 142 Å². The lowest BCUT2D eigenvalue weighted by molar-refractivity contribution is -0.141. The molecule has 0 spiro atoms. The van der Waals surface area contributed by atoms with Gasteiger partial charge in [-0.1, -0.05) is 12.8 Å². The third-order valence-electron chi connectivity index (χ3n) is 4.98. The van der Waals surface area contributed by atoms with Gasteiger partial charge in [0, 0.05) is 31.5 Å². The highest BCUT2D eigenvalue weighted by atomic mass is 16.2. The molecule has 1 aliphatic carbocycles. The Kier molecular flexibility index (Phi) is 5.27. The monoisotopic (exact) mass is 331 g/mol. The normalized spacial score (nSPS) is 21.7. The average molecular weight is 331 g/mol. The highest BCUT2D eigenvalue weighted by molar-refractivity contribution is 5.85. The number of carbonyl (C=O) groups is 2. The molecule has 1 aromatic heterocycles. The van der Waals surface area contributed by atoms with E-state index in [1.807, 2.05) is 0 Å². The van der Waals surface area contributed by atoms with E-state index < -0.39 is 5.91 Å². The number of aromatic nitrogens is 2. The Morgan fingerprint density at radius 3 is 2.54 bits per heavy atom. The van der Waals surface area contributed by atoms with Crippen LogP contribution in [0.5, 0.6) is 0 Å². The topological polar surface area (TPSA) is 92.4 Å². The number of hydrogen-bond donors (Lipinski definition) is 1. The van der Waals surface area contributed by atoms with E-state index >= 15 is 0 Å². The zero-order valence-electron chi connectivity index (χ0n) is 13.9. The number of piperidine rings is 1. The van der Waals surface area contributed by atoms with Crippen molar-refractivity contribution in [3.8, 4) is 0 Å². The number of nitrogens with two attached hydrogens (primary N) is 1. The molecule has 0 radical (unpaired) electrons. The summed E-state index contributed by atoms with van der Waals surface area (Å²) in [6.07, 6.45) is 9.35. The van der Waals surface area contributed by atoms with Crippen molar-refractivity contribution in [1.82, 2.24) is 14.9 Å². The van der Waals surface area contributed by atoms with Crippen molar-refractivity contribution in [2.75, 3.05) is 24.5 Å². The van der Waals surface area contributed by atoms with Gasteiger partial charge in [0.2, 0.25) is 17.8 Å². The standard InChI is InChI=1S/C17H25N5O2/c18-15(23)12-22(14-6-1-2-7-14)16(24)13-5-3-10-21(11-13)17-19-8-4-9-20-17/h4,8-9,13-14H,1-3,5-7,10-12H2,(H2,18,23)/t13-/m1/s1. The Morgan fingerprint density at radius 2 is 1.88 bits per heavy atom. The molecule has 1 saturated carbocycles. The lowest BCUT2D eigenvalue weighted by atomic mass is 9.95. The van der Waals surface area contributed by atoms with Crippen LogP contribution in [0, 0.1) is 5.92 Å². The van der Waals surface area contributed by atoms with Crippen LogP contribution in [-0.2, 0) is 9.59 Å². The largest absolute Gasteiger partial charge is 0.368 e. The first-order valence-corrected chi connectivity index (χ1v) is 8.76. The molecular weight excluding hydrogens is 306 g/mol. The van der Waals surface area contributed by atoms with Crippen LogP contribution in [0.1, 0.15) is 38.5 Å². The quantitative estimate of drug-likeness (QED) is 0.867. The zero-order chi connectivity index (χ0) is 16.9. The first-order chi connectivity index (χ1) is 11.6. The highest BCUT2D eigenvalue weighted by Crippen LogP contribution is 2.27. The van der Waals surface area contributed by atoms with Gasteiger partial charge in [-0.25, -0.2) is 9.97 Å². The molecule has 2 amide bonds. The van der Waals surface area contributed by atoms with Crippen molar-refractivity contribution in [3.63, 3.8) is 0 Å². The minimum absolute atomic E-state index is 0.0296. The summed E-state index contributed by atoms with van der Waals surface area (Å²) in [7, 11) is 0. The number of primary amides is 1. The van der Waals surface area contributed by atoms with Crippen LogP contribution in [0.15, 0.2) is 18.5 Å². The molecule has 2 fully saturated rings. The van der Waals surface area contributed by atoms with Crippen LogP contribution in [0.25, 0.3) is 0 Å². The summed E-state index contributed by atoms with van der Waals surface area (Å²) in [6.45, 7) is 1.49. The maximum Gasteiger partial charge on any atom is 0.237 e.